The van der Waals surface area contributed by atoms with Crippen molar-refractivity contribution in [3.8, 4) is 6.07 Å². The summed E-state index contributed by atoms with van der Waals surface area (Å²) in [6.45, 7) is 3.78. The molecule has 2 unspecified atom stereocenters. The number of carbonyl (C=O) groups excluding carboxylic acids is 2. The number of allylic oxidation sites excluding steroid dienone is 1. The fourth-order valence-corrected chi connectivity index (χ4v) is 4.34. The number of nitro groups is 1. The molecule has 0 spiro atoms. The van der Waals surface area contributed by atoms with Gasteiger partial charge in [-0.3, -0.25) is 19.9 Å². The lowest BCUT2D eigenvalue weighted by atomic mass is 9.74. The van der Waals surface area contributed by atoms with E-state index in [2.05, 4.69) is 0 Å². The summed E-state index contributed by atoms with van der Waals surface area (Å²) in [6.07, 6.45) is 1.65. The lowest BCUT2D eigenvalue weighted by Gasteiger charge is -2.33. The lowest BCUT2D eigenvalue weighted by Crippen LogP contribution is -2.37. The van der Waals surface area contributed by atoms with Gasteiger partial charge in [0.2, 0.25) is 0 Å². The van der Waals surface area contributed by atoms with Gasteiger partial charge in [0.25, 0.3) is 5.69 Å². The summed E-state index contributed by atoms with van der Waals surface area (Å²) in [4.78, 5) is 42.4. The van der Waals surface area contributed by atoms with Gasteiger partial charge in [-0.2, -0.15) is 5.26 Å². The highest BCUT2D eigenvalue weighted by Gasteiger charge is 2.44. The molecule has 2 aromatic rings. The van der Waals surface area contributed by atoms with Crippen LogP contribution in [-0.4, -0.2) is 29.2 Å². The third-order valence-corrected chi connectivity index (χ3v) is 6.05. The smallest absolute Gasteiger partial charge is 0.336 e. The average Bonchev–Trinajstić information content (AvgIpc) is 2.91. The minimum absolute atomic E-state index is 0.0299. The van der Waals surface area contributed by atoms with E-state index in [0.717, 1.165) is 5.56 Å². The molecular formula is C28H29N3O6. The van der Waals surface area contributed by atoms with Crippen LogP contribution in [-0.2, 0) is 25.7 Å². The topological polar surface area (TPSA) is 132 Å². The van der Waals surface area contributed by atoms with Gasteiger partial charge in [0.05, 0.1) is 28.7 Å². The number of nitriles is 1. The Labute approximate surface area is 215 Å². The van der Waals surface area contributed by atoms with Crippen molar-refractivity contribution in [3.05, 3.63) is 87.1 Å². The molecule has 2 aromatic carbocycles. The number of hydrogen-bond acceptors (Lipinski definition) is 8. The van der Waals surface area contributed by atoms with Gasteiger partial charge in [-0.25, -0.2) is 4.79 Å². The summed E-state index contributed by atoms with van der Waals surface area (Å²) >= 11 is 0. The summed E-state index contributed by atoms with van der Waals surface area (Å²) < 4.78 is 11.1. The Kier molecular flexibility index (Phi) is 9.67. The number of nitro benzene ring substituents is 1. The standard InChI is InChI=1S/C28H29N3O6/c1-3-9-23-26(28(33)37-18-19-10-6-5-7-11-19)24(20-12-14-21(15-13-20)31(34)35)25(22(4-2)30-23)27(32)36-17-8-16-29/h5-7,10-15,24-25H,3-4,8-9,17-18H2,1-2H3. The lowest BCUT2D eigenvalue weighted by molar-refractivity contribution is -0.384. The van der Waals surface area contributed by atoms with Crippen LogP contribution >= 0.6 is 0 Å². The van der Waals surface area contributed by atoms with E-state index in [1.54, 1.807) is 12.1 Å². The molecule has 192 valence electrons. The number of rotatable bonds is 11. The second-order valence-corrected chi connectivity index (χ2v) is 8.51. The van der Waals surface area contributed by atoms with Crippen molar-refractivity contribution in [2.45, 2.75) is 52.1 Å². The first-order chi connectivity index (χ1) is 17.9. The van der Waals surface area contributed by atoms with Crippen molar-refractivity contribution < 1.29 is 24.0 Å². The molecule has 3 rings (SSSR count). The van der Waals surface area contributed by atoms with E-state index in [1.807, 2.05) is 50.2 Å². The molecular weight excluding hydrogens is 474 g/mol. The monoisotopic (exact) mass is 503 g/mol. The summed E-state index contributed by atoms with van der Waals surface area (Å²) in [5.74, 6) is -2.97. The molecule has 0 N–H and O–H groups in total. The maximum Gasteiger partial charge on any atom is 0.336 e. The number of ether oxygens (including phenoxy) is 2. The SMILES string of the molecule is CCCC1=C(C(=O)OCc2ccccc2)C(c2ccc([N+](=O)[O-])cc2)C(C(=O)OCCC#N)C(CC)=N1. The molecule has 37 heavy (non-hydrogen) atoms. The predicted octanol–water partition coefficient (Wildman–Crippen LogP) is 5.41. The summed E-state index contributed by atoms with van der Waals surface area (Å²) in [5, 5.41) is 20.1. The van der Waals surface area contributed by atoms with Gasteiger partial charge >= 0.3 is 11.9 Å². The maximum absolute atomic E-state index is 13.6. The van der Waals surface area contributed by atoms with Crippen LogP contribution in [0.5, 0.6) is 0 Å². The second kappa shape index (κ2) is 13.1. The van der Waals surface area contributed by atoms with E-state index in [0.29, 0.717) is 36.2 Å². The molecule has 1 aliphatic rings. The quantitative estimate of drug-likeness (QED) is 0.173. The minimum Gasteiger partial charge on any atom is -0.464 e. The van der Waals surface area contributed by atoms with Crippen molar-refractivity contribution in [1.29, 1.82) is 5.26 Å². The van der Waals surface area contributed by atoms with Gasteiger partial charge in [0.15, 0.2) is 0 Å². The second-order valence-electron chi connectivity index (χ2n) is 8.51. The highest BCUT2D eigenvalue weighted by Crippen LogP contribution is 2.42. The van der Waals surface area contributed by atoms with Crippen molar-refractivity contribution in [1.82, 2.24) is 0 Å². The first kappa shape index (κ1) is 27.3. The van der Waals surface area contributed by atoms with E-state index >= 15 is 0 Å². The third-order valence-electron chi connectivity index (χ3n) is 6.05. The zero-order valence-electron chi connectivity index (χ0n) is 20.9. The van der Waals surface area contributed by atoms with Gasteiger partial charge in [0, 0.05) is 23.8 Å². The molecule has 0 amide bonds. The third kappa shape index (κ3) is 6.67. The van der Waals surface area contributed by atoms with E-state index in [4.69, 9.17) is 19.7 Å². The van der Waals surface area contributed by atoms with Crippen LogP contribution in [0, 0.1) is 27.4 Å². The Morgan fingerprint density at radius 2 is 1.78 bits per heavy atom. The fraction of sp³-hybridized carbons (Fsp3) is 0.357. The normalized spacial score (nSPS) is 16.9. The van der Waals surface area contributed by atoms with Crippen LogP contribution < -0.4 is 0 Å². The maximum atomic E-state index is 13.6. The van der Waals surface area contributed by atoms with E-state index in [-0.39, 0.29) is 30.9 Å². The van der Waals surface area contributed by atoms with Gasteiger partial charge < -0.3 is 9.47 Å². The number of nitrogens with zero attached hydrogens (tertiary/aromatic N) is 3. The number of aliphatic imine (C=N–C) groups is 1. The molecule has 0 saturated carbocycles. The largest absolute Gasteiger partial charge is 0.464 e. The van der Waals surface area contributed by atoms with E-state index in [1.165, 1.54) is 12.1 Å². The van der Waals surface area contributed by atoms with Crippen LogP contribution in [0.3, 0.4) is 0 Å². The summed E-state index contributed by atoms with van der Waals surface area (Å²) in [5.41, 5.74) is 2.56. The molecule has 0 saturated heterocycles. The summed E-state index contributed by atoms with van der Waals surface area (Å²) in [7, 11) is 0. The van der Waals surface area contributed by atoms with Crippen LogP contribution in [0.2, 0.25) is 0 Å². The van der Waals surface area contributed by atoms with Crippen LogP contribution in [0.1, 0.15) is 56.6 Å². The average molecular weight is 504 g/mol. The Balaban J connectivity index is 2.10. The summed E-state index contributed by atoms with van der Waals surface area (Å²) in [6, 6.07) is 17.0. The molecule has 0 bridgehead atoms. The zero-order chi connectivity index (χ0) is 26.8. The minimum atomic E-state index is -0.940. The highest BCUT2D eigenvalue weighted by molar-refractivity contribution is 6.07. The highest BCUT2D eigenvalue weighted by atomic mass is 16.6. The Morgan fingerprint density at radius 3 is 2.38 bits per heavy atom. The van der Waals surface area contributed by atoms with Crippen LogP contribution in [0.15, 0.2) is 70.9 Å². The Morgan fingerprint density at radius 1 is 1.08 bits per heavy atom. The fourth-order valence-electron chi connectivity index (χ4n) is 4.34. The van der Waals surface area contributed by atoms with Crippen LogP contribution in [0.25, 0.3) is 0 Å². The molecule has 1 aliphatic heterocycles. The Hall–Kier alpha value is -4.32. The van der Waals surface area contributed by atoms with Crippen molar-refractivity contribution >= 4 is 23.3 Å². The molecule has 1 heterocycles. The van der Waals surface area contributed by atoms with Gasteiger partial charge in [0.1, 0.15) is 19.1 Å². The first-order valence-electron chi connectivity index (χ1n) is 12.2. The number of carbonyl (C=O) groups is 2. The Bertz CT molecular complexity index is 1230. The van der Waals surface area contributed by atoms with Gasteiger partial charge in [-0.05, 0) is 24.0 Å². The van der Waals surface area contributed by atoms with E-state index < -0.39 is 28.7 Å². The molecule has 0 aromatic heterocycles. The molecule has 0 fully saturated rings. The molecule has 0 radical (unpaired) electrons. The first-order valence-corrected chi connectivity index (χ1v) is 12.2. The van der Waals surface area contributed by atoms with Crippen molar-refractivity contribution in [2.24, 2.45) is 10.9 Å². The van der Waals surface area contributed by atoms with E-state index in [9.17, 15) is 19.7 Å². The molecule has 0 aliphatic carbocycles. The zero-order valence-corrected chi connectivity index (χ0v) is 20.9. The van der Waals surface area contributed by atoms with Crippen molar-refractivity contribution in [3.63, 3.8) is 0 Å². The molecule has 2 atom stereocenters. The van der Waals surface area contributed by atoms with Crippen molar-refractivity contribution in [2.75, 3.05) is 6.61 Å². The number of benzene rings is 2. The van der Waals surface area contributed by atoms with Gasteiger partial charge in [-0.15, -0.1) is 0 Å². The van der Waals surface area contributed by atoms with Gasteiger partial charge in [-0.1, -0.05) is 62.7 Å². The predicted molar refractivity (Wildman–Crippen MR) is 136 cm³/mol. The number of non-ortho nitro benzene ring substituents is 1. The molecule has 9 nitrogen and oxygen atoms in total. The molecule has 9 heteroatoms. The number of esters is 2. The number of hydrogen-bond donors (Lipinski definition) is 0. The van der Waals surface area contributed by atoms with Crippen LogP contribution in [0.4, 0.5) is 5.69 Å².